The van der Waals surface area contributed by atoms with E-state index in [9.17, 15) is 4.79 Å². The minimum absolute atomic E-state index is 0.186. The fraction of sp³-hybridized carbons (Fsp3) is 0.750. The Balaban J connectivity index is 2.10. The SMILES string of the molecule is CCOC(=O)C(C)(C)c1csc(C2CCC(C)CC2)n1. The van der Waals surface area contributed by atoms with Gasteiger partial charge in [-0.05, 0) is 39.5 Å². The second-order valence-electron chi connectivity index (χ2n) is 6.37. The fourth-order valence-electron chi connectivity index (χ4n) is 2.69. The van der Waals surface area contributed by atoms with Crippen molar-refractivity contribution in [3.63, 3.8) is 0 Å². The minimum Gasteiger partial charge on any atom is -0.465 e. The van der Waals surface area contributed by atoms with Crippen molar-refractivity contribution in [2.75, 3.05) is 6.61 Å². The van der Waals surface area contributed by atoms with Gasteiger partial charge in [-0.15, -0.1) is 11.3 Å². The fourth-order valence-corrected chi connectivity index (χ4v) is 3.84. The molecule has 20 heavy (non-hydrogen) atoms. The molecule has 0 aliphatic heterocycles. The van der Waals surface area contributed by atoms with Crippen LogP contribution in [0.1, 0.15) is 70.0 Å². The monoisotopic (exact) mass is 295 g/mol. The number of hydrogen-bond acceptors (Lipinski definition) is 4. The summed E-state index contributed by atoms with van der Waals surface area (Å²) in [7, 11) is 0. The van der Waals surface area contributed by atoms with E-state index < -0.39 is 5.41 Å². The molecular formula is C16H25NO2S. The Labute approximate surface area is 125 Å². The van der Waals surface area contributed by atoms with Gasteiger partial charge in [-0.1, -0.05) is 19.8 Å². The van der Waals surface area contributed by atoms with Crippen LogP contribution in [0.5, 0.6) is 0 Å². The zero-order valence-corrected chi connectivity index (χ0v) is 13.8. The Bertz CT molecular complexity index is 459. The van der Waals surface area contributed by atoms with E-state index in [1.807, 2.05) is 26.2 Å². The van der Waals surface area contributed by atoms with Gasteiger partial charge in [0.05, 0.1) is 17.3 Å². The number of esters is 1. The number of ether oxygens (including phenoxy) is 1. The van der Waals surface area contributed by atoms with Crippen molar-refractivity contribution >= 4 is 17.3 Å². The Morgan fingerprint density at radius 2 is 2.05 bits per heavy atom. The van der Waals surface area contributed by atoms with E-state index in [-0.39, 0.29) is 5.97 Å². The maximum Gasteiger partial charge on any atom is 0.317 e. The van der Waals surface area contributed by atoms with Crippen molar-refractivity contribution in [3.05, 3.63) is 16.1 Å². The molecule has 0 amide bonds. The molecule has 1 aliphatic carbocycles. The van der Waals surface area contributed by atoms with Gasteiger partial charge in [-0.3, -0.25) is 4.79 Å². The van der Waals surface area contributed by atoms with E-state index >= 15 is 0 Å². The van der Waals surface area contributed by atoms with E-state index in [1.54, 1.807) is 11.3 Å². The lowest BCUT2D eigenvalue weighted by Gasteiger charge is -2.24. The summed E-state index contributed by atoms with van der Waals surface area (Å²) in [5.74, 6) is 1.25. The molecule has 3 nitrogen and oxygen atoms in total. The van der Waals surface area contributed by atoms with Crippen LogP contribution in [0, 0.1) is 5.92 Å². The second-order valence-corrected chi connectivity index (χ2v) is 7.26. The molecule has 1 aromatic heterocycles. The molecule has 0 saturated heterocycles. The number of carbonyl (C=O) groups excluding carboxylic acids is 1. The predicted octanol–water partition coefficient (Wildman–Crippen LogP) is 4.28. The Hall–Kier alpha value is -0.900. The van der Waals surface area contributed by atoms with Crippen LogP contribution in [0.4, 0.5) is 0 Å². The lowest BCUT2D eigenvalue weighted by Crippen LogP contribution is -2.31. The van der Waals surface area contributed by atoms with Crippen molar-refractivity contribution in [2.45, 2.75) is 64.7 Å². The molecule has 4 heteroatoms. The van der Waals surface area contributed by atoms with Gasteiger partial charge in [0.2, 0.25) is 0 Å². The van der Waals surface area contributed by atoms with Crippen LogP contribution in [0.3, 0.4) is 0 Å². The van der Waals surface area contributed by atoms with E-state index in [0.717, 1.165) is 11.6 Å². The molecule has 1 aromatic rings. The molecule has 0 N–H and O–H groups in total. The van der Waals surface area contributed by atoms with Crippen LogP contribution in [0.25, 0.3) is 0 Å². The molecule has 1 heterocycles. The molecule has 0 aromatic carbocycles. The maximum absolute atomic E-state index is 12.0. The van der Waals surface area contributed by atoms with Gasteiger partial charge in [-0.2, -0.15) is 0 Å². The summed E-state index contributed by atoms with van der Waals surface area (Å²) in [5, 5.41) is 3.23. The third-order valence-electron chi connectivity index (χ3n) is 4.31. The topological polar surface area (TPSA) is 39.2 Å². The molecule has 1 saturated carbocycles. The zero-order chi connectivity index (χ0) is 14.8. The van der Waals surface area contributed by atoms with Crippen LogP contribution in [-0.2, 0) is 14.9 Å². The van der Waals surface area contributed by atoms with Gasteiger partial charge < -0.3 is 4.74 Å². The van der Waals surface area contributed by atoms with E-state index in [1.165, 1.54) is 30.7 Å². The second kappa shape index (κ2) is 6.25. The number of nitrogens with zero attached hydrogens (tertiary/aromatic N) is 1. The summed E-state index contributed by atoms with van der Waals surface area (Å²) in [5.41, 5.74) is 0.210. The van der Waals surface area contributed by atoms with Gasteiger partial charge in [0.1, 0.15) is 5.41 Å². The lowest BCUT2D eigenvalue weighted by atomic mass is 9.83. The molecular weight excluding hydrogens is 270 g/mol. The Morgan fingerprint density at radius 3 is 2.65 bits per heavy atom. The first kappa shape index (κ1) is 15.5. The summed E-state index contributed by atoms with van der Waals surface area (Å²) >= 11 is 1.70. The molecule has 2 rings (SSSR count). The average Bonchev–Trinajstić information content (AvgIpc) is 2.90. The van der Waals surface area contributed by atoms with Crippen LogP contribution in [0.15, 0.2) is 5.38 Å². The van der Waals surface area contributed by atoms with Gasteiger partial charge in [0.15, 0.2) is 0 Å². The summed E-state index contributed by atoms with van der Waals surface area (Å²) in [6, 6.07) is 0. The number of carbonyl (C=O) groups is 1. The van der Waals surface area contributed by atoms with Crippen molar-refractivity contribution < 1.29 is 9.53 Å². The van der Waals surface area contributed by atoms with Gasteiger partial charge in [0, 0.05) is 11.3 Å². The van der Waals surface area contributed by atoms with E-state index in [2.05, 4.69) is 6.92 Å². The largest absolute Gasteiger partial charge is 0.465 e. The van der Waals surface area contributed by atoms with Gasteiger partial charge >= 0.3 is 5.97 Å². The van der Waals surface area contributed by atoms with Crippen molar-refractivity contribution in [2.24, 2.45) is 5.92 Å². The molecule has 0 atom stereocenters. The number of aromatic nitrogens is 1. The molecule has 112 valence electrons. The summed E-state index contributed by atoms with van der Waals surface area (Å²) < 4.78 is 5.16. The van der Waals surface area contributed by atoms with E-state index in [4.69, 9.17) is 9.72 Å². The Morgan fingerprint density at radius 1 is 1.40 bits per heavy atom. The van der Waals surface area contributed by atoms with Gasteiger partial charge in [-0.25, -0.2) is 4.98 Å². The highest BCUT2D eigenvalue weighted by Gasteiger charge is 2.34. The highest BCUT2D eigenvalue weighted by Crippen LogP contribution is 2.38. The highest BCUT2D eigenvalue weighted by molar-refractivity contribution is 7.09. The maximum atomic E-state index is 12.0. The minimum atomic E-state index is -0.646. The van der Waals surface area contributed by atoms with Crippen LogP contribution >= 0.6 is 11.3 Å². The normalized spacial score (nSPS) is 23.6. The molecule has 0 radical (unpaired) electrons. The average molecular weight is 295 g/mol. The molecule has 1 fully saturated rings. The van der Waals surface area contributed by atoms with E-state index in [0.29, 0.717) is 12.5 Å². The predicted molar refractivity (Wildman–Crippen MR) is 82.1 cm³/mol. The summed E-state index contributed by atoms with van der Waals surface area (Å²) in [6.45, 7) is 8.37. The summed E-state index contributed by atoms with van der Waals surface area (Å²) in [4.78, 5) is 16.8. The van der Waals surface area contributed by atoms with Crippen LogP contribution < -0.4 is 0 Å². The zero-order valence-electron chi connectivity index (χ0n) is 12.9. The smallest absolute Gasteiger partial charge is 0.317 e. The highest BCUT2D eigenvalue weighted by atomic mass is 32.1. The quantitative estimate of drug-likeness (QED) is 0.778. The first-order chi connectivity index (χ1) is 9.45. The standard InChI is InChI=1S/C16H25NO2S/c1-5-19-15(18)16(3,4)13-10-20-14(17-13)12-8-6-11(2)7-9-12/h10-12H,5-9H2,1-4H3. The number of rotatable bonds is 4. The van der Waals surface area contributed by atoms with Crippen molar-refractivity contribution in [1.29, 1.82) is 0 Å². The molecule has 0 unspecified atom stereocenters. The summed E-state index contributed by atoms with van der Waals surface area (Å²) in [6.07, 6.45) is 5.05. The third-order valence-corrected chi connectivity index (χ3v) is 5.32. The number of hydrogen-bond donors (Lipinski definition) is 0. The van der Waals surface area contributed by atoms with Crippen molar-refractivity contribution in [1.82, 2.24) is 4.98 Å². The van der Waals surface area contributed by atoms with Crippen LogP contribution in [-0.4, -0.2) is 17.6 Å². The van der Waals surface area contributed by atoms with Crippen molar-refractivity contribution in [3.8, 4) is 0 Å². The van der Waals surface area contributed by atoms with Crippen LogP contribution in [0.2, 0.25) is 0 Å². The first-order valence-electron chi connectivity index (χ1n) is 7.58. The molecule has 0 bridgehead atoms. The lowest BCUT2D eigenvalue weighted by molar-refractivity contribution is -0.148. The van der Waals surface area contributed by atoms with Gasteiger partial charge in [0.25, 0.3) is 0 Å². The first-order valence-corrected chi connectivity index (χ1v) is 8.46. The third kappa shape index (κ3) is 3.22. The number of thiazole rings is 1. The molecule has 0 spiro atoms. The Kier molecular flexibility index (Phi) is 4.84. The molecule has 1 aliphatic rings.